The van der Waals surface area contributed by atoms with E-state index < -0.39 is 0 Å². The Morgan fingerprint density at radius 2 is 1.60 bits per heavy atom. The van der Waals surface area contributed by atoms with Crippen molar-refractivity contribution in [3.8, 4) is 11.1 Å². The van der Waals surface area contributed by atoms with Gasteiger partial charge in [0.25, 0.3) is 5.91 Å². The van der Waals surface area contributed by atoms with E-state index >= 15 is 0 Å². The molecule has 0 fully saturated rings. The van der Waals surface area contributed by atoms with E-state index in [0.717, 1.165) is 22.3 Å². The van der Waals surface area contributed by atoms with E-state index in [1.54, 1.807) is 0 Å². The molecular weight excluding hydrogens is 246 g/mol. The molecular formula is C18H13NO. The fraction of sp³-hybridized carbons (Fsp3) is 0.0556. The van der Waals surface area contributed by atoms with Crippen molar-refractivity contribution < 1.29 is 4.79 Å². The van der Waals surface area contributed by atoms with Gasteiger partial charge in [-0.3, -0.25) is 4.79 Å². The minimum atomic E-state index is 0.0302. The second-order valence-electron chi connectivity index (χ2n) is 5.08. The molecule has 2 nitrogen and oxygen atoms in total. The standard InChI is InChI=1S/C18H13NO/c20-18-16-7-3-6-15(17(16)11-19-18)14-9-8-12-4-1-2-5-13(12)10-14/h1-10H,11H2,(H,19,20). The molecule has 96 valence electrons. The third-order valence-corrected chi connectivity index (χ3v) is 3.91. The Labute approximate surface area is 117 Å². The lowest BCUT2D eigenvalue weighted by atomic mass is 9.95. The van der Waals surface area contributed by atoms with Crippen molar-refractivity contribution in [3.63, 3.8) is 0 Å². The van der Waals surface area contributed by atoms with Gasteiger partial charge in [0.05, 0.1) is 0 Å². The maximum absolute atomic E-state index is 11.8. The van der Waals surface area contributed by atoms with Crippen LogP contribution in [0.15, 0.2) is 60.7 Å². The molecule has 4 rings (SSSR count). The smallest absolute Gasteiger partial charge is 0.251 e. The highest BCUT2D eigenvalue weighted by Crippen LogP contribution is 2.31. The molecule has 0 spiro atoms. The second kappa shape index (κ2) is 4.20. The number of nitrogens with one attached hydrogen (secondary N) is 1. The summed E-state index contributed by atoms with van der Waals surface area (Å²) in [4.78, 5) is 11.8. The third kappa shape index (κ3) is 1.62. The molecule has 3 aromatic rings. The van der Waals surface area contributed by atoms with Gasteiger partial charge in [-0.2, -0.15) is 0 Å². The molecule has 0 atom stereocenters. The van der Waals surface area contributed by atoms with Gasteiger partial charge < -0.3 is 5.32 Å². The molecule has 0 aliphatic carbocycles. The average Bonchev–Trinajstić information content (AvgIpc) is 2.88. The van der Waals surface area contributed by atoms with Crippen LogP contribution in [0, 0.1) is 0 Å². The number of hydrogen-bond acceptors (Lipinski definition) is 1. The van der Waals surface area contributed by atoms with Crippen molar-refractivity contribution in [2.75, 3.05) is 0 Å². The first-order valence-corrected chi connectivity index (χ1v) is 6.72. The zero-order chi connectivity index (χ0) is 13.5. The van der Waals surface area contributed by atoms with Crippen LogP contribution in [0.3, 0.4) is 0 Å². The highest BCUT2D eigenvalue weighted by molar-refractivity contribution is 6.01. The van der Waals surface area contributed by atoms with Gasteiger partial charge in [-0.1, -0.05) is 48.5 Å². The molecule has 1 heterocycles. The molecule has 0 bridgehead atoms. The molecule has 1 aliphatic rings. The Kier molecular flexibility index (Phi) is 2.36. The van der Waals surface area contributed by atoms with Crippen LogP contribution >= 0.6 is 0 Å². The average molecular weight is 259 g/mol. The molecule has 20 heavy (non-hydrogen) atoms. The zero-order valence-electron chi connectivity index (χ0n) is 10.9. The molecule has 0 aromatic heterocycles. The van der Waals surface area contributed by atoms with Crippen LogP contribution in [-0.4, -0.2) is 5.91 Å². The normalized spacial score (nSPS) is 13.3. The Balaban J connectivity index is 1.94. The van der Waals surface area contributed by atoms with Crippen LogP contribution in [0.2, 0.25) is 0 Å². The van der Waals surface area contributed by atoms with Crippen LogP contribution in [0.1, 0.15) is 15.9 Å². The predicted octanol–water partition coefficient (Wildman–Crippen LogP) is 3.75. The van der Waals surface area contributed by atoms with E-state index in [1.807, 2.05) is 24.3 Å². The van der Waals surface area contributed by atoms with Gasteiger partial charge in [0.2, 0.25) is 0 Å². The molecule has 0 saturated carbocycles. The number of rotatable bonds is 1. The number of carbonyl (C=O) groups is 1. The third-order valence-electron chi connectivity index (χ3n) is 3.91. The minimum absolute atomic E-state index is 0.0302. The first kappa shape index (κ1) is 11.2. The maximum Gasteiger partial charge on any atom is 0.251 e. The Hall–Kier alpha value is -2.61. The van der Waals surface area contributed by atoms with Gasteiger partial charge in [0, 0.05) is 12.1 Å². The topological polar surface area (TPSA) is 29.1 Å². The first-order chi connectivity index (χ1) is 9.83. The number of fused-ring (bicyclic) bond motifs is 2. The highest BCUT2D eigenvalue weighted by Gasteiger charge is 2.21. The summed E-state index contributed by atoms with van der Waals surface area (Å²) in [6, 6.07) is 20.7. The summed E-state index contributed by atoms with van der Waals surface area (Å²) >= 11 is 0. The minimum Gasteiger partial charge on any atom is -0.348 e. The van der Waals surface area contributed by atoms with Crippen molar-refractivity contribution in [1.82, 2.24) is 5.32 Å². The number of hydrogen-bond donors (Lipinski definition) is 1. The van der Waals surface area contributed by atoms with Gasteiger partial charge in [-0.15, -0.1) is 0 Å². The van der Waals surface area contributed by atoms with E-state index in [2.05, 4.69) is 41.7 Å². The van der Waals surface area contributed by atoms with Crippen molar-refractivity contribution >= 4 is 16.7 Å². The number of benzene rings is 3. The lowest BCUT2D eigenvalue weighted by Gasteiger charge is -2.08. The number of carbonyl (C=O) groups excluding carboxylic acids is 1. The fourth-order valence-corrected chi connectivity index (χ4v) is 2.88. The molecule has 0 saturated heterocycles. The van der Waals surface area contributed by atoms with Crippen molar-refractivity contribution in [2.24, 2.45) is 0 Å². The second-order valence-corrected chi connectivity index (χ2v) is 5.08. The van der Waals surface area contributed by atoms with Crippen molar-refractivity contribution in [2.45, 2.75) is 6.54 Å². The van der Waals surface area contributed by atoms with Gasteiger partial charge in [0.15, 0.2) is 0 Å². The van der Waals surface area contributed by atoms with E-state index in [9.17, 15) is 4.79 Å². The van der Waals surface area contributed by atoms with Crippen LogP contribution in [0.5, 0.6) is 0 Å². The molecule has 1 N–H and O–H groups in total. The molecule has 0 radical (unpaired) electrons. The van der Waals surface area contributed by atoms with E-state index in [0.29, 0.717) is 6.54 Å². The van der Waals surface area contributed by atoms with Gasteiger partial charge >= 0.3 is 0 Å². The van der Waals surface area contributed by atoms with Crippen LogP contribution in [-0.2, 0) is 6.54 Å². The van der Waals surface area contributed by atoms with Crippen LogP contribution in [0.25, 0.3) is 21.9 Å². The highest BCUT2D eigenvalue weighted by atomic mass is 16.1. The largest absolute Gasteiger partial charge is 0.348 e. The lowest BCUT2D eigenvalue weighted by Crippen LogP contribution is -2.12. The summed E-state index contributed by atoms with van der Waals surface area (Å²) in [6.07, 6.45) is 0. The maximum atomic E-state index is 11.8. The summed E-state index contributed by atoms with van der Waals surface area (Å²) in [5.41, 5.74) is 4.21. The molecule has 1 amide bonds. The zero-order valence-corrected chi connectivity index (χ0v) is 10.9. The molecule has 2 heteroatoms. The van der Waals surface area contributed by atoms with Crippen molar-refractivity contribution in [1.29, 1.82) is 0 Å². The van der Waals surface area contributed by atoms with Gasteiger partial charge in [0.1, 0.15) is 0 Å². The van der Waals surface area contributed by atoms with Crippen molar-refractivity contribution in [3.05, 3.63) is 71.8 Å². The summed E-state index contributed by atoms with van der Waals surface area (Å²) < 4.78 is 0. The predicted molar refractivity (Wildman–Crippen MR) is 80.6 cm³/mol. The summed E-state index contributed by atoms with van der Waals surface area (Å²) in [5, 5.41) is 5.35. The Bertz CT molecular complexity index is 836. The Morgan fingerprint density at radius 3 is 2.50 bits per heavy atom. The summed E-state index contributed by atoms with van der Waals surface area (Å²) in [7, 11) is 0. The molecule has 0 unspecified atom stereocenters. The van der Waals surface area contributed by atoms with Crippen LogP contribution < -0.4 is 5.32 Å². The van der Waals surface area contributed by atoms with E-state index in [4.69, 9.17) is 0 Å². The molecule has 1 aliphatic heterocycles. The number of amides is 1. The van der Waals surface area contributed by atoms with E-state index in [-0.39, 0.29) is 5.91 Å². The molecule has 3 aromatic carbocycles. The SMILES string of the molecule is O=C1NCc2c1cccc2-c1ccc2ccccc2c1. The first-order valence-electron chi connectivity index (χ1n) is 6.72. The Morgan fingerprint density at radius 1 is 0.800 bits per heavy atom. The van der Waals surface area contributed by atoms with Gasteiger partial charge in [-0.05, 0) is 39.6 Å². The summed E-state index contributed by atoms with van der Waals surface area (Å²) in [5.74, 6) is 0.0302. The fourth-order valence-electron chi connectivity index (χ4n) is 2.88. The van der Waals surface area contributed by atoms with E-state index in [1.165, 1.54) is 10.8 Å². The van der Waals surface area contributed by atoms with Crippen LogP contribution in [0.4, 0.5) is 0 Å². The summed E-state index contributed by atoms with van der Waals surface area (Å²) in [6.45, 7) is 0.622. The monoisotopic (exact) mass is 259 g/mol. The quantitative estimate of drug-likeness (QED) is 0.708. The van der Waals surface area contributed by atoms with Gasteiger partial charge in [-0.25, -0.2) is 0 Å². The lowest BCUT2D eigenvalue weighted by molar-refractivity contribution is 0.0966.